The summed E-state index contributed by atoms with van der Waals surface area (Å²) in [5.41, 5.74) is 1.18. The van der Waals surface area contributed by atoms with Crippen molar-refractivity contribution in [3.63, 3.8) is 0 Å². The van der Waals surface area contributed by atoms with Crippen LogP contribution in [0.15, 0.2) is 6.20 Å². The molecule has 1 aromatic heterocycles. The van der Waals surface area contributed by atoms with E-state index in [4.69, 9.17) is 0 Å². The predicted octanol–water partition coefficient (Wildman–Crippen LogP) is 2.82. The highest BCUT2D eigenvalue weighted by molar-refractivity contribution is 7.78. The summed E-state index contributed by atoms with van der Waals surface area (Å²) in [5, 5.41) is 0. The highest BCUT2D eigenvalue weighted by Crippen LogP contribution is 2.21. The summed E-state index contributed by atoms with van der Waals surface area (Å²) in [6, 6.07) is 0. The van der Waals surface area contributed by atoms with E-state index in [-0.39, 0.29) is 0 Å². The molecule has 0 saturated heterocycles. The zero-order valence-electron chi connectivity index (χ0n) is 8.07. The maximum absolute atomic E-state index is 4.40. The summed E-state index contributed by atoms with van der Waals surface area (Å²) in [5.74, 6) is 1.97. The average Bonchev–Trinajstić information content (AvgIpc) is 2.30. The van der Waals surface area contributed by atoms with Crippen LogP contribution >= 0.6 is 12.8 Å². The van der Waals surface area contributed by atoms with Gasteiger partial charge < -0.3 is 0 Å². The first kappa shape index (κ1) is 9.65. The molecule has 3 heteroatoms. The van der Waals surface area contributed by atoms with Gasteiger partial charge in [0, 0.05) is 12.1 Å². The maximum atomic E-state index is 4.40. The molecular weight excluding hydrogens is 168 g/mol. The van der Waals surface area contributed by atoms with Gasteiger partial charge in [-0.2, -0.15) is 0 Å². The van der Waals surface area contributed by atoms with Gasteiger partial charge in [-0.1, -0.05) is 40.5 Å². The third-order valence-corrected chi connectivity index (χ3v) is 2.33. The summed E-state index contributed by atoms with van der Waals surface area (Å²) >= 11 is 4.40. The largest absolute Gasteiger partial charge is 0.277 e. The molecule has 0 spiro atoms. The summed E-state index contributed by atoms with van der Waals surface area (Å²) < 4.78 is 1.90. The number of hydrogen-bond acceptors (Lipinski definition) is 2. The zero-order chi connectivity index (χ0) is 9.30. The number of thiol groups is 1. The van der Waals surface area contributed by atoms with E-state index in [0.29, 0.717) is 11.8 Å². The van der Waals surface area contributed by atoms with Crippen molar-refractivity contribution < 1.29 is 0 Å². The summed E-state index contributed by atoms with van der Waals surface area (Å²) in [7, 11) is 0. The number of aromatic nitrogens is 2. The first-order valence-electron chi connectivity index (χ1n) is 4.30. The van der Waals surface area contributed by atoms with Crippen LogP contribution in [0.25, 0.3) is 0 Å². The Bertz CT molecular complexity index is 238. The van der Waals surface area contributed by atoms with E-state index < -0.39 is 0 Å². The van der Waals surface area contributed by atoms with Gasteiger partial charge in [0.1, 0.15) is 5.82 Å². The lowest BCUT2D eigenvalue weighted by Gasteiger charge is -2.08. The molecule has 0 aliphatic heterocycles. The lowest BCUT2D eigenvalue weighted by Crippen LogP contribution is -1.99. The lowest BCUT2D eigenvalue weighted by molar-refractivity contribution is 0.753. The molecule has 0 saturated carbocycles. The van der Waals surface area contributed by atoms with Crippen LogP contribution in [0, 0.1) is 0 Å². The second-order valence-electron chi connectivity index (χ2n) is 3.66. The van der Waals surface area contributed by atoms with Gasteiger partial charge in [0.25, 0.3) is 0 Å². The minimum atomic E-state index is 0.440. The maximum Gasteiger partial charge on any atom is 0.121 e. The monoisotopic (exact) mass is 184 g/mol. The first-order chi connectivity index (χ1) is 5.54. The molecular formula is C9H16N2S. The molecule has 0 atom stereocenters. The SMILES string of the molecule is CC(C)c1cnc(C(C)C)n1S. The molecule has 0 aliphatic rings. The Kier molecular flexibility index (Phi) is 2.83. The van der Waals surface area contributed by atoms with Crippen LogP contribution in [0.2, 0.25) is 0 Å². The van der Waals surface area contributed by atoms with E-state index in [2.05, 4.69) is 45.5 Å². The molecule has 0 aliphatic carbocycles. The van der Waals surface area contributed by atoms with Crippen molar-refractivity contribution in [1.29, 1.82) is 0 Å². The van der Waals surface area contributed by atoms with Crippen molar-refractivity contribution in [2.75, 3.05) is 0 Å². The zero-order valence-corrected chi connectivity index (χ0v) is 8.97. The molecule has 68 valence electrons. The summed E-state index contributed by atoms with van der Waals surface area (Å²) in [6.45, 7) is 8.54. The molecule has 0 bridgehead atoms. The van der Waals surface area contributed by atoms with Crippen LogP contribution < -0.4 is 0 Å². The number of nitrogens with zero attached hydrogens (tertiary/aromatic N) is 2. The molecule has 1 heterocycles. The molecule has 0 amide bonds. The van der Waals surface area contributed by atoms with Crippen LogP contribution in [0.5, 0.6) is 0 Å². The van der Waals surface area contributed by atoms with Gasteiger partial charge in [-0.25, -0.2) is 4.98 Å². The standard InChI is InChI=1S/C9H16N2S/c1-6(2)8-5-10-9(7(3)4)11(8)12/h5-7,12H,1-4H3. The number of rotatable bonds is 2. The van der Waals surface area contributed by atoms with Crippen LogP contribution in [0.3, 0.4) is 0 Å². The second-order valence-corrected chi connectivity index (χ2v) is 4.06. The van der Waals surface area contributed by atoms with Crippen molar-refractivity contribution >= 4 is 12.8 Å². The third-order valence-electron chi connectivity index (χ3n) is 1.90. The molecule has 0 unspecified atom stereocenters. The van der Waals surface area contributed by atoms with Crippen LogP contribution in [0.4, 0.5) is 0 Å². The molecule has 0 radical (unpaired) electrons. The Morgan fingerprint density at radius 2 is 1.83 bits per heavy atom. The molecule has 1 aromatic rings. The van der Waals surface area contributed by atoms with Gasteiger partial charge in [-0.3, -0.25) is 3.97 Å². The normalized spacial score (nSPS) is 11.6. The Hall–Kier alpha value is -0.440. The quantitative estimate of drug-likeness (QED) is 0.700. The fraction of sp³-hybridized carbons (Fsp3) is 0.667. The number of hydrogen-bond donors (Lipinski definition) is 1. The topological polar surface area (TPSA) is 17.8 Å². The van der Waals surface area contributed by atoms with Gasteiger partial charge in [-0.15, -0.1) is 0 Å². The van der Waals surface area contributed by atoms with Crippen LogP contribution in [-0.2, 0) is 0 Å². The first-order valence-corrected chi connectivity index (χ1v) is 4.70. The predicted molar refractivity (Wildman–Crippen MR) is 54.8 cm³/mol. The van der Waals surface area contributed by atoms with Gasteiger partial charge in [0.2, 0.25) is 0 Å². The fourth-order valence-corrected chi connectivity index (χ4v) is 1.73. The molecule has 0 N–H and O–H groups in total. The smallest absolute Gasteiger partial charge is 0.121 e. The summed E-state index contributed by atoms with van der Waals surface area (Å²) in [6.07, 6.45) is 1.91. The Morgan fingerprint density at radius 3 is 2.08 bits per heavy atom. The number of imidazole rings is 1. The molecule has 12 heavy (non-hydrogen) atoms. The van der Waals surface area contributed by atoms with Crippen molar-refractivity contribution in [1.82, 2.24) is 8.96 Å². The van der Waals surface area contributed by atoms with Crippen LogP contribution in [0.1, 0.15) is 51.0 Å². The highest BCUT2D eigenvalue weighted by atomic mass is 32.1. The van der Waals surface area contributed by atoms with E-state index in [9.17, 15) is 0 Å². The Morgan fingerprint density at radius 1 is 1.25 bits per heavy atom. The van der Waals surface area contributed by atoms with Gasteiger partial charge in [-0.05, 0) is 5.92 Å². The van der Waals surface area contributed by atoms with Crippen molar-refractivity contribution in [3.8, 4) is 0 Å². The minimum Gasteiger partial charge on any atom is -0.277 e. The van der Waals surface area contributed by atoms with Gasteiger partial charge in [0.05, 0.1) is 5.69 Å². The molecule has 2 nitrogen and oxygen atoms in total. The molecule has 0 aromatic carbocycles. The Labute approximate surface area is 79.6 Å². The van der Waals surface area contributed by atoms with E-state index in [1.807, 2.05) is 10.2 Å². The van der Waals surface area contributed by atoms with Gasteiger partial charge >= 0.3 is 0 Å². The minimum absolute atomic E-state index is 0.440. The van der Waals surface area contributed by atoms with Crippen LogP contribution in [-0.4, -0.2) is 8.96 Å². The summed E-state index contributed by atoms with van der Waals surface area (Å²) in [4.78, 5) is 4.32. The van der Waals surface area contributed by atoms with Crippen molar-refractivity contribution in [3.05, 3.63) is 17.7 Å². The third kappa shape index (κ3) is 1.66. The molecule has 0 fully saturated rings. The van der Waals surface area contributed by atoms with E-state index in [1.54, 1.807) is 0 Å². The fourth-order valence-electron chi connectivity index (χ4n) is 1.16. The van der Waals surface area contributed by atoms with Crippen molar-refractivity contribution in [2.45, 2.75) is 39.5 Å². The van der Waals surface area contributed by atoms with E-state index in [1.165, 1.54) is 5.69 Å². The highest BCUT2D eigenvalue weighted by Gasteiger charge is 2.12. The van der Waals surface area contributed by atoms with E-state index >= 15 is 0 Å². The van der Waals surface area contributed by atoms with Gasteiger partial charge in [0.15, 0.2) is 0 Å². The second kappa shape index (κ2) is 3.52. The Balaban J connectivity index is 3.04. The van der Waals surface area contributed by atoms with Crippen molar-refractivity contribution in [2.24, 2.45) is 0 Å². The average molecular weight is 184 g/mol. The van der Waals surface area contributed by atoms with E-state index in [0.717, 1.165) is 5.82 Å². The molecule has 1 rings (SSSR count). The lowest BCUT2D eigenvalue weighted by atomic mass is 10.1.